The fourth-order valence-corrected chi connectivity index (χ4v) is 3.95. The molecule has 0 atom stereocenters. The summed E-state index contributed by atoms with van der Waals surface area (Å²) in [5, 5.41) is 11.1. The van der Waals surface area contributed by atoms with Gasteiger partial charge in [0.15, 0.2) is 11.5 Å². The average Bonchev–Trinajstić information content (AvgIpc) is 2.74. The van der Waals surface area contributed by atoms with E-state index in [-0.39, 0.29) is 33.2 Å². The lowest BCUT2D eigenvalue weighted by Crippen LogP contribution is -2.41. The molecule has 0 spiro atoms. The summed E-state index contributed by atoms with van der Waals surface area (Å²) in [7, 11) is -4.28. The molecule has 0 unspecified atom stereocenters. The van der Waals surface area contributed by atoms with Gasteiger partial charge in [0.05, 0.1) is 29.6 Å². The smallest absolute Gasteiger partial charge is 0.273 e. The van der Waals surface area contributed by atoms with Crippen LogP contribution in [0.3, 0.4) is 0 Å². The zero-order valence-corrected chi connectivity index (χ0v) is 18.9. The number of ether oxygens (including phenoxy) is 3. The lowest BCUT2D eigenvalue weighted by Gasteiger charge is -2.17. The number of carbonyl (C=O) groups excluding carboxylic acids is 1. The predicted octanol–water partition coefficient (Wildman–Crippen LogP) is 2.72. The van der Waals surface area contributed by atoms with Crippen molar-refractivity contribution in [1.29, 1.82) is 0 Å². The monoisotopic (exact) mass is 467 g/mol. The third-order valence-corrected chi connectivity index (χ3v) is 5.60. The van der Waals surface area contributed by atoms with E-state index in [4.69, 9.17) is 14.2 Å². The standard InChI is InChI=1S/C20H25N3O8S/c1-5-29-16-11-14(12-17(30-6-2)19(16)31-7-3)20(24)21-22-32(27,28)18-10-8-9-15(13(18)4)23(25)26/h8-12,22H,5-7H2,1-4H3,(H,21,24). The van der Waals surface area contributed by atoms with Crippen molar-refractivity contribution >= 4 is 21.6 Å². The maximum absolute atomic E-state index is 12.7. The lowest BCUT2D eigenvalue weighted by atomic mass is 10.1. The Kier molecular flexibility index (Phi) is 8.38. The number of nitrogens with zero attached hydrogens (tertiary/aromatic N) is 1. The van der Waals surface area contributed by atoms with Crippen LogP contribution in [0.4, 0.5) is 5.69 Å². The number of nitrogens with one attached hydrogen (secondary N) is 2. The minimum Gasteiger partial charge on any atom is -0.490 e. The van der Waals surface area contributed by atoms with Crippen molar-refractivity contribution in [1.82, 2.24) is 10.3 Å². The van der Waals surface area contributed by atoms with E-state index < -0.39 is 20.9 Å². The summed E-state index contributed by atoms with van der Waals surface area (Å²) in [5.41, 5.74) is 1.75. The molecule has 2 rings (SSSR count). The zero-order valence-electron chi connectivity index (χ0n) is 18.1. The Labute approximate surface area is 185 Å². The van der Waals surface area contributed by atoms with Gasteiger partial charge in [-0.25, -0.2) is 8.42 Å². The van der Waals surface area contributed by atoms with Gasteiger partial charge in [-0.05, 0) is 45.9 Å². The van der Waals surface area contributed by atoms with Gasteiger partial charge in [-0.2, -0.15) is 0 Å². The first-order chi connectivity index (χ1) is 15.2. The van der Waals surface area contributed by atoms with Gasteiger partial charge in [0.2, 0.25) is 5.75 Å². The van der Waals surface area contributed by atoms with Gasteiger partial charge >= 0.3 is 0 Å². The van der Waals surface area contributed by atoms with Crippen LogP contribution in [-0.4, -0.2) is 39.1 Å². The Balaban J connectivity index is 2.33. The zero-order chi connectivity index (χ0) is 23.9. The highest BCUT2D eigenvalue weighted by Crippen LogP contribution is 2.39. The highest BCUT2D eigenvalue weighted by molar-refractivity contribution is 7.89. The van der Waals surface area contributed by atoms with Crippen molar-refractivity contribution in [3.8, 4) is 17.2 Å². The van der Waals surface area contributed by atoms with Crippen LogP contribution in [0.15, 0.2) is 35.2 Å². The quantitative estimate of drug-likeness (QED) is 0.379. The summed E-state index contributed by atoms with van der Waals surface area (Å²) in [4.78, 5) is 24.7. The second-order valence-electron chi connectivity index (χ2n) is 6.32. The van der Waals surface area contributed by atoms with Crippen molar-refractivity contribution in [3.63, 3.8) is 0 Å². The van der Waals surface area contributed by atoms with Crippen LogP contribution in [0.5, 0.6) is 17.2 Å². The van der Waals surface area contributed by atoms with E-state index in [1.807, 2.05) is 4.83 Å². The van der Waals surface area contributed by atoms with Crippen LogP contribution in [0, 0.1) is 17.0 Å². The topological polar surface area (TPSA) is 146 Å². The van der Waals surface area contributed by atoms with E-state index in [1.54, 1.807) is 20.8 Å². The molecular formula is C20H25N3O8S. The average molecular weight is 468 g/mol. The predicted molar refractivity (Wildman–Crippen MR) is 116 cm³/mol. The number of amides is 1. The third kappa shape index (κ3) is 5.65. The van der Waals surface area contributed by atoms with Crippen LogP contribution < -0.4 is 24.5 Å². The SMILES string of the molecule is CCOc1cc(C(=O)NNS(=O)(=O)c2cccc([N+](=O)[O-])c2C)cc(OCC)c1OCC. The maximum Gasteiger partial charge on any atom is 0.273 e. The Morgan fingerprint density at radius 1 is 1.03 bits per heavy atom. The number of rotatable bonds is 11. The van der Waals surface area contributed by atoms with Gasteiger partial charge in [0.1, 0.15) is 0 Å². The molecule has 0 aliphatic rings. The van der Waals surface area contributed by atoms with E-state index in [9.17, 15) is 23.3 Å². The maximum atomic E-state index is 12.7. The lowest BCUT2D eigenvalue weighted by molar-refractivity contribution is -0.385. The highest BCUT2D eigenvalue weighted by atomic mass is 32.2. The summed E-state index contributed by atoms with van der Waals surface area (Å²) in [6, 6.07) is 6.45. The van der Waals surface area contributed by atoms with Gasteiger partial charge < -0.3 is 14.2 Å². The first-order valence-corrected chi connectivity index (χ1v) is 11.3. The van der Waals surface area contributed by atoms with Gasteiger partial charge in [-0.1, -0.05) is 6.07 Å². The van der Waals surface area contributed by atoms with Gasteiger partial charge in [0.25, 0.3) is 21.6 Å². The largest absolute Gasteiger partial charge is 0.490 e. The summed E-state index contributed by atoms with van der Waals surface area (Å²) >= 11 is 0. The van der Waals surface area contributed by atoms with Crippen molar-refractivity contribution in [2.45, 2.75) is 32.6 Å². The van der Waals surface area contributed by atoms with Gasteiger partial charge in [-0.15, -0.1) is 4.83 Å². The molecule has 0 bridgehead atoms. The van der Waals surface area contributed by atoms with E-state index >= 15 is 0 Å². The number of benzene rings is 2. The molecule has 2 aromatic rings. The van der Waals surface area contributed by atoms with Crippen LogP contribution in [-0.2, 0) is 10.0 Å². The van der Waals surface area contributed by atoms with Crippen LogP contribution in [0.25, 0.3) is 0 Å². The molecule has 0 aromatic heterocycles. The van der Waals surface area contributed by atoms with E-state index in [2.05, 4.69) is 5.43 Å². The first kappa shape index (κ1) is 24.9. The molecule has 2 aromatic carbocycles. The summed E-state index contributed by atoms with van der Waals surface area (Å²) in [6.07, 6.45) is 0. The molecule has 0 saturated carbocycles. The Morgan fingerprint density at radius 3 is 2.09 bits per heavy atom. The van der Waals surface area contributed by atoms with Crippen LogP contribution in [0.1, 0.15) is 36.7 Å². The summed E-state index contributed by atoms with van der Waals surface area (Å²) in [6.45, 7) is 7.57. The number of nitro groups is 1. The fraction of sp³-hybridized carbons (Fsp3) is 0.350. The molecule has 1 amide bonds. The molecule has 174 valence electrons. The van der Waals surface area contributed by atoms with E-state index in [1.165, 1.54) is 37.3 Å². The number of hydrogen-bond acceptors (Lipinski definition) is 8. The van der Waals surface area contributed by atoms with Crippen molar-refractivity contribution in [2.24, 2.45) is 0 Å². The van der Waals surface area contributed by atoms with E-state index in [0.717, 1.165) is 0 Å². The van der Waals surface area contributed by atoms with Crippen molar-refractivity contribution in [2.75, 3.05) is 19.8 Å². The van der Waals surface area contributed by atoms with Crippen molar-refractivity contribution < 1.29 is 32.3 Å². The van der Waals surface area contributed by atoms with E-state index in [0.29, 0.717) is 25.6 Å². The Hall–Kier alpha value is -3.38. The Morgan fingerprint density at radius 2 is 1.59 bits per heavy atom. The highest BCUT2D eigenvalue weighted by Gasteiger charge is 2.24. The number of sulfonamides is 1. The molecule has 0 fully saturated rings. The van der Waals surface area contributed by atoms with Crippen LogP contribution >= 0.6 is 0 Å². The van der Waals surface area contributed by atoms with Crippen molar-refractivity contribution in [3.05, 3.63) is 51.6 Å². The molecule has 0 heterocycles. The third-order valence-electron chi connectivity index (χ3n) is 4.21. The second kappa shape index (κ2) is 10.8. The van der Waals surface area contributed by atoms with Gasteiger partial charge in [0, 0.05) is 17.2 Å². The van der Waals surface area contributed by atoms with Crippen LogP contribution in [0.2, 0.25) is 0 Å². The molecule has 2 N–H and O–H groups in total. The normalized spacial score (nSPS) is 11.0. The molecule has 0 aliphatic heterocycles. The second-order valence-corrected chi connectivity index (χ2v) is 7.97. The molecule has 0 radical (unpaired) electrons. The van der Waals surface area contributed by atoms with Gasteiger partial charge in [-0.3, -0.25) is 20.3 Å². The molecule has 12 heteroatoms. The molecular weight excluding hydrogens is 442 g/mol. The number of nitro benzene ring substituents is 1. The minimum atomic E-state index is -4.28. The number of hydrogen-bond donors (Lipinski definition) is 2. The summed E-state index contributed by atoms with van der Waals surface area (Å²) < 4.78 is 41.9. The fourth-order valence-electron chi connectivity index (χ4n) is 2.85. The Bertz CT molecular complexity index is 1080. The number of hydrazine groups is 1. The number of carbonyl (C=O) groups is 1. The molecule has 0 aliphatic carbocycles. The summed E-state index contributed by atoms with van der Waals surface area (Å²) in [5.74, 6) is 0.0767. The first-order valence-electron chi connectivity index (χ1n) is 9.78. The molecule has 11 nitrogen and oxygen atoms in total. The molecule has 32 heavy (non-hydrogen) atoms. The minimum absolute atomic E-state index is 0.0545. The molecule has 0 saturated heterocycles.